The lowest BCUT2D eigenvalue weighted by Crippen LogP contribution is -2.17. The minimum absolute atomic E-state index is 0.0318. The Morgan fingerprint density at radius 3 is 2.43 bits per heavy atom. The number of carboxylic acids is 1. The van der Waals surface area contributed by atoms with Crippen LogP contribution in [0.1, 0.15) is 49.1 Å². The third kappa shape index (κ3) is 4.61. The van der Waals surface area contributed by atoms with Gasteiger partial charge >= 0.3 is 5.97 Å². The molecule has 7 heteroatoms. The monoisotopic (exact) mass is 378 g/mol. The van der Waals surface area contributed by atoms with Gasteiger partial charge in [0.1, 0.15) is 5.38 Å². The third-order valence-electron chi connectivity index (χ3n) is 4.25. The zero-order chi connectivity index (χ0) is 17.2. The molecule has 1 unspecified atom stereocenters. The number of sulfone groups is 1. The molecule has 0 amide bonds. The summed E-state index contributed by atoms with van der Waals surface area (Å²) >= 11 is 12.1. The predicted octanol–water partition coefficient (Wildman–Crippen LogP) is 4.03. The fourth-order valence-corrected chi connectivity index (χ4v) is 4.82. The van der Waals surface area contributed by atoms with Crippen LogP contribution in [-0.4, -0.2) is 31.1 Å². The number of benzene rings is 1. The molecular formula is C16H20Cl2O4S. The number of aliphatic carboxylic acids is 1. The summed E-state index contributed by atoms with van der Waals surface area (Å²) in [5, 5.41) is 8.20. The van der Waals surface area contributed by atoms with Crippen LogP contribution < -0.4 is 0 Å². The molecule has 0 bridgehead atoms. The molecule has 1 fully saturated rings. The third-order valence-corrected chi connectivity index (χ3v) is 6.04. The standard InChI is InChI=1S/C16H20Cl2O4S/c1-23(21,22)14-9-10(8-13(18)16(19)20)7-12(17)15(14)11-5-3-2-4-6-11/h7,9,11,13H,2-6,8H2,1H3,(H,19,20). The summed E-state index contributed by atoms with van der Waals surface area (Å²) < 4.78 is 24.4. The zero-order valence-electron chi connectivity index (χ0n) is 12.9. The lowest BCUT2D eigenvalue weighted by atomic mass is 9.83. The fraction of sp³-hybridized carbons (Fsp3) is 0.562. The Hall–Kier alpha value is -0.780. The molecule has 4 nitrogen and oxygen atoms in total. The molecule has 0 aliphatic heterocycles. The molecule has 1 aliphatic rings. The van der Waals surface area contributed by atoms with Crippen LogP contribution >= 0.6 is 23.2 Å². The molecule has 0 heterocycles. The maximum atomic E-state index is 12.2. The van der Waals surface area contributed by atoms with Crippen molar-refractivity contribution < 1.29 is 18.3 Å². The van der Waals surface area contributed by atoms with Gasteiger partial charge in [-0.2, -0.15) is 0 Å². The van der Waals surface area contributed by atoms with Crippen LogP contribution in [0.2, 0.25) is 5.02 Å². The first kappa shape index (κ1) is 18.6. The Kier molecular flexibility index (Phi) is 5.98. The normalized spacial score (nSPS) is 17.9. The van der Waals surface area contributed by atoms with E-state index in [1.807, 2.05) is 0 Å². The Balaban J connectivity index is 2.48. The van der Waals surface area contributed by atoms with E-state index in [0.717, 1.165) is 38.4 Å². The quantitative estimate of drug-likeness (QED) is 0.785. The van der Waals surface area contributed by atoms with E-state index in [-0.39, 0.29) is 17.2 Å². The largest absolute Gasteiger partial charge is 0.480 e. The molecule has 1 atom stereocenters. The number of alkyl halides is 1. The van der Waals surface area contributed by atoms with Crippen LogP contribution in [0.4, 0.5) is 0 Å². The topological polar surface area (TPSA) is 71.4 Å². The van der Waals surface area contributed by atoms with Gasteiger partial charge in [-0.05, 0) is 48.4 Å². The van der Waals surface area contributed by atoms with Crippen molar-refractivity contribution in [2.45, 2.75) is 54.7 Å². The van der Waals surface area contributed by atoms with E-state index in [2.05, 4.69) is 0 Å². The summed E-state index contributed by atoms with van der Waals surface area (Å²) in [7, 11) is -3.46. The van der Waals surface area contributed by atoms with Crippen LogP contribution in [-0.2, 0) is 21.1 Å². The van der Waals surface area contributed by atoms with Gasteiger partial charge < -0.3 is 5.11 Å². The van der Waals surface area contributed by atoms with Crippen LogP contribution in [0.15, 0.2) is 17.0 Å². The molecule has 0 aromatic heterocycles. The molecule has 1 aromatic rings. The second kappa shape index (κ2) is 7.41. The predicted molar refractivity (Wildman–Crippen MR) is 91.4 cm³/mol. The second-order valence-corrected chi connectivity index (χ2v) is 9.02. The van der Waals surface area contributed by atoms with E-state index in [1.54, 1.807) is 6.07 Å². The van der Waals surface area contributed by atoms with E-state index in [0.29, 0.717) is 16.1 Å². The van der Waals surface area contributed by atoms with E-state index in [1.165, 1.54) is 6.07 Å². The van der Waals surface area contributed by atoms with Gasteiger partial charge in [0.2, 0.25) is 0 Å². The van der Waals surface area contributed by atoms with Gasteiger partial charge in [-0.1, -0.05) is 30.9 Å². The molecule has 0 saturated heterocycles. The van der Waals surface area contributed by atoms with Crippen LogP contribution in [0, 0.1) is 0 Å². The van der Waals surface area contributed by atoms with Crippen molar-refractivity contribution in [2.24, 2.45) is 0 Å². The highest BCUT2D eigenvalue weighted by Gasteiger charge is 2.26. The van der Waals surface area contributed by atoms with E-state index in [4.69, 9.17) is 28.3 Å². The van der Waals surface area contributed by atoms with E-state index in [9.17, 15) is 13.2 Å². The van der Waals surface area contributed by atoms with Crippen molar-refractivity contribution in [3.63, 3.8) is 0 Å². The first-order valence-corrected chi connectivity index (χ1v) is 10.3. The van der Waals surface area contributed by atoms with E-state index >= 15 is 0 Å². The number of carboxylic acid groups (broad SMARTS) is 1. The number of rotatable bonds is 5. The summed E-state index contributed by atoms with van der Waals surface area (Å²) in [5.74, 6) is -0.999. The summed E-state index contributed by atoms with van der Waals surface area (Å²) in [4.78, 5) is 11.1. The number of carbonyl (C=O) groups is 1. The summed E-state index contributed by atoms with van der Waals surface area (Å²) in [6.07, 6.45) is 6.33. The molecule has 1 aliphatic carbocycles. The molecule has 1 N–H and O–H groups in total. The number of hydrogen-bond acceptors (Lipinski definition) is 3. The molecule has 1 saturated carbocycles. The highest BCUT2D eigenvalue weighted by atomic mass is 35.5. The van der Waals surface area contributed by atoms with Crippen molar-refractivity contribution in [1.82, 2.24) is 0 Å². The summed E-state index contributed by atoms with van der Waals surface area (Å²) in [6.45, 7) is 0. The maximum Gasteiger partial charge on any atom is 0.321 e. The van der Waals surface area contributed by atoms with E-state index < -0.39 is 21.2 Å². The van der Waals surface area contributed by atoms with Crippen LogP contribution in [0.5, 0.6) is 0 Å². The number of hydrogen-bond donors (Lipinski definition) is 1. The molecule has 128 valence electrons. The van der Waals surface area contributed by atoms with Crippen LogP contribution in [0.25, 0.3) is 0 Å². The lowest BCUT2D eigenvalue weighted by Gasteiger charge is -2.25. The Morgan fingerprint density at radius 2 is 1.91 bits per heavy atom. The molecule has 1 aromatic carbocycles. The lowest BCUT2D eigenvalue weighted by molar-refractivity contribution is -0.136. The molecule has 0 spiro atoms. The minimum atomic E-state index is -3.46. The van der Waals surface area contributed by atoms with Gasteiger partial charge in [-0.15, -0.1) is 11.6 Å². The van der Waals surface area contributed by atoms with Crippen molar-refractivity contribution >= 4 is 39.0 Å². The summed E-state index contributed by atoms with van der Waals surface area (Å²) in [6, 6.07) is 3.18. The van der Waals surface area contributed by atoms with Gasteiger partial charge in [-0.3, -0.25) is 4.79 Å². The van der Waals surface area contributed by atoms with Gasteiger partial charge in [-0.25, -0.2) is 8.42 Å². The molecule has 23 heavy (non-hydrogen) atoms. The Morgan fingerprint density at radius 1 is 1.30 bits per heavy atom. The number of halogens is 2. The first-order valence-electron chi connectivity index (χ1n) is 7.59. The molecular weight excluding hydrogens is 359 g/mol. The maximum absolute atomic E-state index is 12.2. The van der Waals surface area contributed by atoms with Gasteiger partial charge in [0.25, 0.3) is 0 Å². The van der Waals surface area contributed by atoms with Crippen molar-refractivity contribution in [3.8, 4) is 0 Å². The first-order chi connectivity index (χ1) is 10.7. The van der Waals surface area contributed by atoms with Crippen LogP contribution in [0.3, 0.4) is 0 Å². The molecule has 2 rings (SSSR count). The van der Waals surface area contributed by atoms with Crippen molar-refractivity contribution in [3.05, 3.63) is 28.3 Å². The highest BCUT2D eigenvalue weighted by molar-refractivity contribution is 7.90. The van der Waals surface area contributed by atoms with Crippen molar-refractivity contribution in [1.29, 1.82) is 0 Å². The average Bonchev–Trinajstić information content (AvgIpc) is 2.46. The molecule has 0 radical (unpaired) electrons. The zero-order valence-corrected chi connectivity index (χ0v) is 15.2. The minimum Gasteiger partial charge on any atom is -0.480 e. The van der Waals surface area contributed by atoms with Gasteiger partial charge in [0.15, 0.2) is 9.84 Å². The van der Waals surface area contributed by atoms with Gasteiger partial charge in [0, 0.05) is 11.3 Å². The second-order valence-electron chi connectivity index (χ2n) is 6.11. The van der Waals surface area contributed by atoms with Gasteiger partial charge in [0.05, 0.1) is 4.90 Å². The average molecular weight is 379 g/mol. The Bertz CT molecular complexity index is 694. The SMILES string of the molecule is CS(=O)(=O)c1cc(CC(Cl)C(=O)O)cc(Cl)c1C1CCCCC1. The van der Waals surface area contributed by atoms with Crippen molar-refractivity contribution in [2.75, 3.05) is 6.26 Å². The Labute approximate surface area is 146 Å². The summed E-state index contributed by atoms with van der Waals surface area (Å²) in [5.41, 5.74) is 1.21. The highest BCUT2D eigenvalue weighted by Crippen LogP contribution is 2.40. The smallest absolute Gasteiger partial charge is 0.321 e. The fourth-order valence-electron chi connectivity index (χ4n) is 3.15.